The Kier molecular flexibility index (Phi) is 5.65. The second-order valence-corrected chi connectivity index (χ2v) is 16.0. The minimum Gasteiger partial charge on any atom is -0.198 e. The van der Waals surface area contributed by atoms with Crippen molar-refractivity contribution in [2.45, 2.75) is 77.6 Å². The highest BCUT2D eigenvalue weighted by atomic mass is 28.3. The van der Waals surface area contributed by atoms with Crippen molar-refractivity contribution < 1.29 is 4.57 Å². The van der Waals surface area contributed by atoms with Crippen LogP contribution >= 0.6 is 0 Å². The van der Waals surface area contributed by atoms with Crippen molar-refractivity contribution in [2.24, 2.45) is 7.05 Å². The smallest absolute Gasteiger partial charge is 0.198 e. The molecule has 1 nitrogen and oxygen atoms in total. The van der Waals surface area contributed by atoms with Crippen LogP contribution in [0.25, 0.3) is 22.0 Å². The first-order valence-corrected chi connectivity index (χ1v) is 15.1. The Balaban J connectivity index is 1.84. The molecule has 3 aromatic rings. The second kappa shape index (κ2) is 7.96. The summed E-state index contributed by atoms with van der Waals surface area (Å²) in [6.07, 6.45) is 2.76. The van der Waals surface area contributed by atoms with E-state index < -0.39 is 8.07 Å². The lowest BCUT2D eigenvalue weighted by molar-refractivity contribution is -0.665. The minimum absolute atomic E-state index is 0.538. The molecule has 0 N–H and O–H groups in total. The average molecular weight is 417 g/mol. The number of hydrogen-bond donors (Lipinski definition) is 0. The zero-order chi connectivity index (χ0) is 21.6. The Morgan fingerprint density at radius 2 is 1.63 bits per heavy atom. The van der Waals surface area contributed by atoms with Gasteiger partial charge in [0.25, 0.3) is 0 Å². The molecule has 0 unspecified atom stereocenters. The molecular formula is C28H38NSi+. The molecule has 1 aromatic heterocycles. The predicted molar refractivity (Wildman–Crippen MR) is 133 cm³/mol. The molecule has 1 fully saturated rings. The standard InChI is InChI=1S/C28H38NSi/c1-19(2)23-9-8-20(3)27(18-23)28-26-11-10-24(17-25(26)16-21(4)29(28)5)22-12-14-30(6,7)15-13-22/h8-11,16-19,22H,12-15H2,1-7H3/q+1. The SMILES string of the molecule is Cc1ccc(C(C)C)cc1-c1c2ccc(C3CC[Si](C)(C)CC3)cc2cc(C)[n+]1C. The van der Waals surface area contributed by atoms with Gasteiger partial charge in [-0.1, -0.05) is 63.3 Å². The van der Waals surface area contributed by atoms with Crippen molar-refractivity contribution in [2.75, 3.05) is 0 Å². The molecule has 2 heteroatoms. The molecule has 0 radical (unpaired) electrons. The number of aromatic nitrogens is 1. The zero-order valence-corrected chi connectivity index (χ0v) is 21.0. The van der Waals surface area contributed by atoms with Crippen LogP contribution in [-0.2, 0) is 7.05 Å². The molecular weight excluding hydrogens is 378 g/mol. The van der Waals surface area contributed by atoms with E-state index in [1.807, 2.05) is 0 Å². The number of fused-ring (bicyclic) bond motifs is 1. The first-order valence-electron chi connectivity index (χ1n) is 11.7. The van der Waals surface area contributed by atoms with Crippen LogP contribution in [0.3, 0.4) is 0 Å². The molecule has 0 spiro atoms. The fourth-order valence-corrected chi connectivity index (χ4v) is 7.67. The predicted octanol–water partition coefficient (Wildman–Crippen LogP) is 7.66. The number of rotatable bonds is 3. The molecule has 0 saturated carbocycles. The van der Waals surface area contributed by atoms with Gasteiger partial charge in [0.15, 0.2) is 5.69 Å². The molecule has 0 atom stereocenters. The van der Waals surface area contributed by atoms with Gasteiger partial charge in [0, 0.05) is 26.6 Å². The minimum atomic E-state index is -0.913. The van der Waals surface area contributed by atoms with E-state index in [0.29, 0.717) is 5.92 Å². The molecule has 158 valence electrons. The van der Waals surface area contributed by atoms with E-state index in [4.69, 9.17) is 0 Å². The van der Waals surface area contributed by atoms with Crippen molar-refractivity contribution in [3.05, 3.63) is 64.8 Å². The van der Waals surface area contributed by atoms with Crippen molar-refractivity contribution in [3.63, 3.8) is 0 Å². The average Bonchev–Trinajstić information content (AvgIpc) is 2.69. The van der Waals surface area contributed by atoms with Crippen molar-refractivity contribution in [3.8, 4) is 11.3 Å². The zero-order valence-electron chi connectivity index (χ0n) is 20.0. The maximum Gasteiger partial charge on any atom is 0.220 e. The molecule has 1 saturated heterocycles. The van der Waals surface area contributed by atoms with Gasteiger partial charge in [-0.2, -0.15) is 4.57 Å². The van der Waals surface area contributed by atoms with E-state index in [1.165, 1.54) is 63.8 Å². The van der Waals surface area contributed by atoms with Crippen LogP contribution in [0.5, 0.6) is 0 Å². The maximum absolute atomic E-state index is 2.56. The summed E-state index contributed by atoms with van der Waals surface area (Å²) in [6, 6.07) is 19.6. The summed E-state index contributed by atoms with van der Waals surface area (Å²) in [6.45, 7) is 14.2. The Hall–Kier alpha value is -1.93. The number of pyridine rings is 1. The van der Waals surface area contributed by atoms with E-state index in [9.17, 15) is 0 Å². The molecule has 0 bridgehead atoms. The summed E-state index contributed by atoms with van der Waals surface area (Å²) >= 11 is 0. The van der Waals surface area contributed by atoms with Crippen molar-refractivity contribution in [1.29, 1.82) is 0 Å². The third-order valence-corrected chi connectivity index (χ3v) is 10.8. The third kappa shape index (κ3) is 3.99. The molecule has 2 heterocycles. The van der Waals surface area contributed by atoms with Gasteiger partial charge in [-0.3, -0.25) is 0 Å². The first-order chi connectivity index (χ1) is 14.2. The maximum atomic E-state index is 2.56. The largest absolute Gasteiger partial charge is 0.220 e. The van der Waals surface area contributed by atoms with E-state index >= 15 is 0 Å². The van der Waals surface area contributed by atoms with Crippen molar-refractivity contribution in [1.82, 2.24) is 0 Å². The number of aryl methyl sites for hydroxylation is 2. The lowest BCUT2D eigenvalue weighted by Crippen LogP contribution is -2.35. The van der Waals surface area contributed by atoms with Crippen LogP contribution in [0.15, 0.2) is 42.5 Å². The number of hydrogen-bond acceptors (Lipinski definition) is 0. The molecule has 30 heavy (non-hydrogen) atoms. The fraction of sp³-hybridized carbons (Fsp3) is 0.464. The quantitative estimate of drug-likeness (QED) is 0.305. The summed E-state index contributed by atoms with van der Waals surface area (Å²) in [5, 5.41) is 2.77. The second-order valence-electron chi connectivity index (χ2n) is 10.7. The van der Waals surface area contributed by atoms with Gasteiger partial charge in [-0.15, -0.1) is 0 Å². The highest BCUT2D eigenvalue weighted by molar-refractivity contribution is 6.77. The van der Waals surface area contributed by atoms with Gasteiger partial charge in [0.1, 0.15) is 7.05 Å². The van der Waals surface area contributed by atoms with Gasteiger partial charge in [0.05, 0.1) is 5.39 Å². The third-order valence-electron chi connectivity index (χ3n) is 7.55. The number of benzene rings is 2. The van der Waals surface area contributed by atoms with Crippen LogP contribution < -0.4 is 4.57 Å². The summed E-state index contributed by atoms with van der Waals surface area (Å²) in [7, 11) is 1.30. The summed E-state index contributed by atoms with van der Waals surface area (Å²) in [4.78, 5) is 0. The van der Waals surface area contributed by atoms with Crippen LogP contribution in [-0.4, -0.2) is 8.07 Å². The highest BCUT2D eigenvalue weighted by Gasteiger charge is 2.29. The van der Waals surface area contributed by atoms with Gasteiger partial charge in [-0.25, -0.2) is 0 Å². The van der Waals surface area contributed by atoms with Crippen LogP contribution in [0.2, 0.25) is 25.2 Å². The molecule has 0 amide bonds. The normalized spacial score (nSPS) is 17.1. The summed E-state index contributed by atoms with van der Waals surface area (Å²) in [5.74, 6) is 1.29. The summed E-state index contributed by atoms with van der Waals surface area (Å²) in [5.41, 5.74) is 8.37. The van der Waals surface area contributed by atoms with E-state index in [0.717, 1.165) is 5.92 Å². The van der Waals surface area contributed by atoms with Gasteiger partial charge < -0.3 is 0 Å². The topological polar surface area (TPSA) is 3.88 Å². The van der Waals surface area contributed by atoms with E-state index in [1.54, 1.807) is 5.56 Å². The highest BCUT2D eigenvalue weighted by Crippen LogP contribution is 2.40. The van der Waals surface area contributed by atoms with E-state index in [2.05, 4.69) is 94.9 Å². The number of nitrogens with zero attached hydrogens (tertiary/aromatic N) is 1. The molecule has 1 aliphatic heterocycles. The van der Waals surface area contributed by atoms with Crippen LogP contribution in [0, 0.1) is 13.8 Å². The monoisotopic (exact) mass is 416 g/mol. The summed E-state index contributed by atoms with van der Waals surface area (Å²) < 4.78 is 2.38. The molecule has 4 rings (SSSR count). The molecule has 0 aliphatic carbocycles. The fourth-order valence-electron chi connectivity index (χ4n) is 5.16. The van der Waals surface area contributed by atoms with Gasteiger partial charge in [-0.05, 0) is 65.8 Å². The van der Waals surface area contributed by atoms with Crippen LogP contribution in [0.1, 0.15) is 60.9 Å². The van der Waals surface area contributed by atoms with Crippen molar-refractivity contribution >= 4 is 18.8 Å². The lowest BCUT2D eigenvalue weighted by Gasteiger charge is -2.33. The van der Waals surface area contributed by atoms with E-state index in [-0.39, 0.29) is 0 Å². The Morgan fingerprint density at radius 3 is 2.30 bits per heavy atom. The van der Waals surface area contributed by atoms with Gasteiger partial charge >= 0.3 is 0 Å². The van der Waals surface area contributed by atoms with Gasteiger partial charge in [0.2, 0.25) is 5.69 Å². The molecule has 2 aromatic carbocycles. The van der Waals surface area contributed by atoms with Crippen LogP contribution in [0.4, 0.5) is 0 Å². The first kappa shape index (κ1) is 21.3. The Labute approximate surface area is 184 Å². The Bertz CT molecular complexity index is 1080. The Morgan fingerprint density at radius 1 is 0.933 bits per heavy atom. The lowest BCUT2D eigenvalue weighted by atomic mass is 9.89. The molecule has 1 aliphatic rings.